The smallest absolute Gasteiger partial charge is 0.225 e. The van der Waals surface area contributed by atoms with Gasteiger partial charge < -0.3 is 20.1 Å². The van der Waals surface area contributed by atoms with Gasteiger partial charge in [-0.2, -0.15) is 0 Å². The molecule has 6 heteroatoms. The Kier molecular flexibility index (Phi) is 5.09. The zero-order chi connectivity index (χ0) is 13.1. The lowest BCUT2D eigenvalue weighted by atomic mass is 10.1. The average Bonchev–Trinajstić information content (AvgIpc) is 2.91. The minimum Gasteiger partial charge on any atom is -0.486 e. The van der Waals surface area contributed by atoms with Gasteiger partial charge >= 0.3 is 0 Å². The summed E-state index contributed by atoms with van der Waals surface area (Å²) in [5.74, 6) is 1.47. The number of carbonyl (C=O) groups is 1. The van der Waals surface area contributed by atoms with Gasteiger partial charge in [0.2, 0.25) is 5.91 Å². The van der Waals surface area contributed by atoms with Crippen molar-refractivity contribution >= 4 is 24.0 Å². The fourth-order valence-corrected chi connectivity index (χ4v) is 2.49. The van der Waals surface area contributed by atoms with Crippen molar-refractivity contribution in [3.8, 4) is 11.5 Å². The maximum atomic E-state index is 11.9. The van der Waals surface area contributed by atoms with E-state index in [0.29, 0.717) is 31.4 Å². The number of hydrogen-bond donors (Lipinski definition) is 2. The predicted octanol–water partition coefficient (Wildman–Crippen LogP) is 1.96. The van der Waals surface area contributed by atoms with Crippen molar-refractivity contribution in [2.45, 2.75) is 25.3 Å². The van der Waals surface area contributed by atoms with E-state index in [1.54, 1.807) is 0 Å². The maximum Gasteiger partial charge on any atom is 0.225 e. The lowest BCUT2D eigenvalue weighted by Crippen LogP contribution is -2.27. The first-order chi connectivity index (χ1) is 9.31. The van der Waals surface area contributed by atoms with E-state index in [2.05, 4.69) is 10.6 Å². The van der Waals surface area contributed by atoms with Gasteiger partial charge in [0.1, 0.15) is 13.2 Å². The maximum absolute atomic E-state index is 11.9. The summed E-state index contributed by atoms with van der Waals surface area (Å²) in [5.41, 5.74) is 0.757. The van der Waals surface area contributed by atoms with Crippen molar-refractivity contribution in [1.82, 2.24) is 5.32 Å². The highest BCUT2D eigenvalue weighted by molar-refractivity contribution is 5.91. The number of benzene rings is 1. The van der Waals surface area contributed by atoms with Crippen LogP contribution in [0, 0.1) is 0 Å². The molecule has 0 radical (unpaired) electrons. The Morgan fingerprint density at radius 2 is 2.10 bits per heavy atom. The van der Waals surface area contributed by atoms with Gasteiger partial charge in [0.25, 0.3) is 0 Å². The number of carbonyl (C=O) groups excluding carboxylic acids is 1. The monoisotopic (exact) mass is 298 g/mol. The van der Waals surface area contributed by atoms with Crippen molar-refractivity contribution in [3.63, 3.8) is 0 Å². The van der Waals surface area contributed by atoms with Crippen LogP contribution in [0.1, 0.15) is 19.3 Å². The van der Waals surface area contributed by atoms with Crippen LogP contribution in [0.25, 0.3) is 0 Å². The molecule has 2 aliphatic heterocycles. The Labute approximate surface area is 124 Å². The molecule has 20 heavy (non-hydrogen) atoms. The van der Waals surface area contributed by atoms with Gasteiger partial charge in [0.15, 0.2) is 11.5 Å². The molecule has 3 rings (SSSR count). The molecule has 0 spiro atoms. The van der Waals surface area contributed by atoms with Gasteiger partial charge in [0.05, 0.1) is 0 Å². The standard InChI is InChI=1S/C14H18N2O3.ClH/c17-14(9-10-2-1-5-15-10)16-11-3-4-12-13(8-11)19-7-6-18-12;/h3-4,8,10,15H,1-2,5-7,9H2,(H,16,17);1H. The Hall–Kier alpha value is -1.46. The fraction of sp³-hybridized carbons (Fsp3) is 0.500. The third-order valence-corrected chi connectivity index (χ3v) is 3.42. The quantitative estimate of drug-likeness (QED) is 0.895. The number of ether oxygens (including phenoxy) is 2. The van der Waals surface area contributed by atoms with Crippen molar-refractivity contribution in [3.05, 3.63) is 18.2 Å². The number of anilines is 1. The van der Waals surface area contributed by atoms with Gasteiger partial charge in [0, 0.05) is 24.2 Å². The van der Waals surface area contributed by atoms with Gasteiger partial charge in [-0.15, -0.1) is 12.4 Å². The van der Waals surface area contributed by atoms with Crippen molar-refractivity contribution in [2.24, 2.45) is 0 Å². The largest absolute Gasteiger partial charge is 0.486 e. The summed E-state index contributed by atoms with van der Waals surface area (Å²) in [4.78, 5) is 11.9. The van der Waals surface area contributed by atoms with Gasteiger partial charge in [-0.1, -0.05) is 0 Å². The second-order valence-electron chi connectivity index (χ2n) is 4.90. The topological polar surface area (TPSA) is 59.6 Å². The summed E-state index contributed by atoms with van der Waals surface area (Å²) in [7, 11) is 0. The van der Waals surface area contributed by atoms with Gasteiger partial charge in [-0.05, 0) is 31.5 Å². The first-order valence-electron chi connectivity index (χ1n) is 6.74. The minimum atomic E-state index is 0. The van der Waals surface area contributed by atoms with Crippen molar-refractivity contribution in [2.75, 3.05) is 25.1 Å². The molecule has 1 amide bonds. The van der Waals surface area contributed by atoms with E-state index >= 15 is 0 Å². The molecule has 1 fully saturated rings. The van der Waals surface area contributed by atoms with Crippen LogP contribution in [0.4, 0.5) is 5.69 Å². The molecule has 2 heterocycles. The third-order valence-electron chi connectivity index (χ3n) is 3.42. The number of amides is 1. The number of rotatable bonds is 3. The Morgan fingerprint density at radius 3 is 2.85 bits per heavy atom. The molecule has 0 saturated carbocycles. The lowest BCUT2D eigenvalue weighted by molar-refractivity contribution is -0.116. The van der Waals surface area contributed by atoms with Crippen molar-refractivity contribution < 1.29 is 14.3 Å². The Morgan fingerprint density at radius 1 is 1.30 bits per heavy atom. The molecule has 2 N–H and O–H groups in total. The van der Waals surface area contributed by atoms with E-state index in [4.69, 9.17) is 9.47 Å². The molecule has 2 aliphatic rings. The van der Waals surface area contributed by atoms with Crippen LogP contribution in [-0.4, -0.2) is 31.7 Å². The summed E-state index contributed by atoms with van der Waals surface area (Å²) in [6.07, 6.45) is 2.75. The number of hydrogen-bond acceptors (Lipinski definition) is 4. The van der Waals surface area contributed by atoms with E-state index < -0.39 is 0 Å². The van der Waals surface area contributed by atoms with Crippen LogP contribution in [0.3, 0.4) is 0 Å². The highest BCUT2D eigenvalue weighted by atomic mass is 35.5. The minimum absolute atomic E-state index is 0. The van der Waals surface area contributed by atoms with Gasteiger partial charge in [-0.3, -0.25) is 4.79 Å². The Balaban J connectivity index is 0.00000147. The molecule has 110 valence electrons. The SMILES string of the molecule is Cl.O=C(CC1CCCN1)Nc1ccc2c(c1)OCCO2. The van der Waals surface area contributed by atoms with Crippen LogP contribution in [0.2, 0.25) is 0 Å². The highest BCUT2D eigenvalue weighted by Gasteiger charge is 2.18. The van der Waals surface area contributed by atoms with E-state index in [-0.39, 0.29) is 18.3 Å². The summed E-state index contributed by atoms with van der Waals surface area (Å²) in [6, 6.07) is 5.80. The molecule has 5 nitrogen and oxygen atoms in total. The van der Waals surface area contributed by atoms with Crippen LogP contribution in [-0.2, 0) is 4.79 Å². The zero-order valence-electron chi connectivity index (χ0n) is 11.2. The summed E-state index contributed by atoms with van der Waals surface area (Å²) in [5, 5.41) is 6.22. The van der Waals surface area contributed by atoms with Crippen LogP contribution < -0.4 is 20.1 Å². The number of fused-ring (bicyclic) bond motifs is 1. The average molecular weight is 299 g/mol. The summed E-state index contributed by atoms with van der Waals surface area (Å²) < 4.78 is 10.9. The first kappa shape index (κ1) is 14.9. The van der Waals surface area contributed by atoms with Gasteiger partial charge in [-0.25, -0.2) is 0 Å². The summed E-state index contributed by atoms with van der Waals surface area (Å²) in [6.45, 7) is 2.14. The summed E-state index contributed by atoms with van der Waals surface area (Å²) >= 11 is 0. The number of nitrogens with one attached hydrogen (secondary N) is 2. The third kappa shape index (κ3) is 3.55. The van der Waals surface area contributed by atoms with Crippen LogP contribution in [0.5, 0.6) is 11.5 Å². The van der Waals surface area contributed by atoms with E-state index in [0.717, 1.165) is 30.8 Å². The zero-order valence-corrected chi connectivity index (χ0v) is 12.0. The molecular weight excluding hydrogens is 280 g/mol. The number of halogens is 1. The van der Waals surface area contributed by atoms with E-state index in [1.807, 2.05) is 18.2 Å². The molecule has 1 atom stereocenters. The molecule has 1 unspecified atom stereocenters. The second-order valence-corrected chi connectivity index (χ2v) is 4.90. The Bertz CT molecular complexity index is 475. The molecule has 0 aromatic heterocycles. The van der Waals surface area contributed by atoms with E-state index in [9.17, 15) is 4.79 Å². The molecule has 0 bridgehead atoms. The molecule has 0 aliphatic carbocycles. The lowest BCUT2D eigenvalue weighted by Gasteiger charge is -2.19. The molecule has 1 aromatic rings. The van der Waals surface area contributed by atoms with Crippen molar-refractivity contribution in [1.29, 1.82) is 0 Å². The van der Waals surface area contributed by atoms with Crippen LogP contribution in [0.15, 0.2) is 18.2 Å². The van der Waals surface area contributed by atoms with E-state index in [1.165, 1.54) is 0 Å². The highest BCUT2D eigenvalue weighted by Crippen LogP contribution is 2.32. The molecular formula is C14H19ClN2O3. The fourth-order valence-electron chi connectivity index (χ4n) is 2.49. The molecule has 1 saturated heterocycles. The first-order valence-corrected chi connectivity index (χ1v) is 6.74. The predicted molar refractivity (Wildman–Crippen MR) is 79.0 cm³/mol. The molecule has 1 aromatic carbocycles. The normalized spacial score (nSPS) is 20.1. The second kappa shape index (κ2) is 6.81. The van der Waals surface area contributed by atoms with Crippen LogP contribution >= 0.6 is 12.4 Å².